The molecule has 1 aromatic carbocycles. The quantitative estimate of drug-likeness (QED) is 0.614. The molecule has 19 heavy (non-hydrogen) atoms. The average Bonchev–Trinajstić information content (AvgIpc) is 2.49. The lowest BCUT2D eigenvalue weighted by Gasteiger charge is -2.39. The van der Waals surface area contributed by atoms with Crippen molar-refractivity contribution < 1.29 is 0 Å². The highest BCUT2D eigenvalue weighted by Gasteiger charge is 2.35. The Labute approximate surface area is 117 Å². The molecule has 0 nitrogen and oxygen atoms in total. The van der Waals surface area contributed by atoms with E-state index in [1.54, 1.807) is 0 Å². The zero-order chi connectivity index (χ0) is 13.6. The molecular weight excluding hydrogens is 228 g/mol. The van der Waals surface area contributed by atoms with Crippen molar-refractivity contribution in [1.29, 1.82) is 0 Å². The summed E-state index contributed by atoms with van der Waals surface area (Å²) in [5.74, 6) is 0. The van der Waals surface area contributed by atoms with E-state index in [2.05, 4.69) is 62.1 Å². The van der Waals surface area contributed by atoms with Gasteiger partial charge in [0.05, 0.1) is 0 Å². The normalized spacial score (nSPS) is 19.5. The summed E-state index contributed by atoms with van der Waals surface area (Å²) in [6.07, 6.45) is 15.0. The minimum atomic E-state index is 0.195. The third-order valence-electron chi connectivity index (χ3n) is 4.23. The molecular formula is C19H24. The van der Waals surface area contributed by atoms with Crippen LogP contribution in [0.1, 0.15) is 44.6 Å². The molecule has 1 aliphatic carbocycles. The zero-order valence-corrected chi connectivity index (χ0v) is 11.9. The maximum absolute atomic E-state index is 3.89. The molecule has 1 aliphatic rings. The van der Waals surface area contributed by atoms with Crippen LogP contribution in [0.3, 0.4) is 0 Å². The summed E-state index contributed by atoms with van der Waals surface area (Å²) in [5, 5.41) is 0. The van der Waals surface area contributed by atoms with Crippen LogP contribution in [-0.2, 0) is 5.41 Å². The van der Waals surface area contributed by atoms with Crippen LogP contribution in [0, 0.1) is 0 Å². The fraction of sp³-hybridized carbons (Fsp3) is 0.368. The Morgan fingerprint density at radius 2 is 1.79 bits per heavy atom. The van der Waals surface area contributed by atoms with E-state index >= 15 is 0 Å². The monoisotopic (exact) mass is 252 g/mol. The number of allylic oxidation sites excluding steroid dienone is 5. The molecule has 0 heterocycles. The van der Waals surface area contributed by atoms with Gasteiger partial charge in [-0.3, -0.25) is 0 Å². The van der Waals surface area contributed by atoms with Gasteiger partial charge in [0, 0.05) is 5.41 Å². The number of rotatable bonds is 4. The first kappa shape index (κ1) is 13.9. The molecule has 1 fully saturated rings. The maximum Gasteiger partial charge on any atom is 0.0202 e. The van der Waals surface area contributed by atoms with Crippen LogP contribution in [0.25, 0.3) is 0 Å². The molecule has 0 heteroatoms. The van der Waals surface area contributed by atoms with Gasteiger partial charge in [0.2, 0.25) is 0 Å². The highest BCUT2D eigenvalue weighted by Crippen LogP contribution is 2.45. The van der Waals surface area contributed by atoms with Gasteiger partial charge in [0.15, 0.2) is 0 Å². The van der Waals surface area contributed by atoms with Crippen molar-refractivity contribution in [1.82, 2.24) is 0 Å². The van der Waals surface area contributed by atoms with E-state index in [4.69, 9.17) is 0 Å². The lowest BCUT2D eigenvalue weighted by atomic mass is 9.64. The minimum absolute atomic E-state index is 0.195. The van der Waals surface area contributed by atoms with Gasteiger partial charge in [-0.15, -0.1) is 0 Å². The minimum Gasteiger partial charge on any atom is -0.0991 e. The Morgan fingerprint density at radius 3 is 2.37 bits per heavy atom. The molecule has 1 aromatic rings. The molecule has 1 saturated carbocycles. The largest absolute Gasteiger partial charge is 0.0991 e. The molecule has 0 atom stereocenters. The standard InChI is InChI=1S/C19H24/c1-3-11-17(12-4-2)19(15-9-6-10-16-19)18-13-7-5-8-14-18/h3-5,7-8,11-14H,1,6,9-10,15-16H2,2H3/b12-4-,17-11+. The topological polar surface area (TPSA) is 0 Å². The van der Waals surface area contributed by atoms with Gasteiger partial charge in [0.25, 0.3) is 0 Å². The molecule has 0 aromatic heterocycles. The highest BCUT2D eigenvalue weighted by molar-refractivity contribution is 5.43. The molecule has 0 N–H and O–H groups in total. The molecule has 0 bridgehead atoms. The van der Waals surface area contributed by atoms with Gasteiger partial charge in [-0.25, -0.2) is 0 Å². The smallest absolute Gasteiger partial charge is 0.0202 e. The summed E-state index contributed by atoms with van der Waals surface area (Å²) in [6, 6.07) is 11.0. The van der Waals surface area contributed by atoms with E-state index in [0.717, 1.165) is 0 Å². The van der Waals surface area contributed by atoms with Gasteiger partial charge in [-0.05, 0) is 30.9 Å². The Morgan fingerprint density at radius 1 is 1.11 bits per heavy atom. The van der Waals surface area contributed by atoms with Crippen molar-refractivity contribution >= 4 is 0 Å². The summed E-state index contributed by atoms with van der Waals surface area (Å²) in [6.45, 7) is 5.99. The summed E-state index contributed by atoms with van der Waals surface area (Å²) < 4.78 is 0. The zero-order valence-electron chi connectivity index (χ0n) is 11.9. The second kappa shape index (κ2) is 6.56. The lowest BCUT2D eigenvalue weighted by molar-refractivity contribution is 0.345. The molecule has 100 valence electrons. The third-order valence-corrected chi connectivity index (χ3v) is 4.23. The molecule has 2 rings (SSSR count). The van der Waals surface area contributed by atoms with Crippen molar-refractivity contribution in [3.8, 4) is 0 Å². The fourth-order valence-electron chi connectivity index (χ4n) is 3.34. The fourth-order valence-corrected chi connectivity index (χ4v) is 3.34. The van der Waals surface area contributed by atoms with E-state index in [0.29, 0.717) is 0 Å². The van der Waals surface area contributed by atoms with Crippen LogP contribution in [0.4, 0.5) is 0 Å². The van der Waals surface area contributed by atoms with Gasteiger partial charge in [-0.2, -0.15) is 0 Å². The van der Waals surface area contributed by atoms with E-state index in [9.17, 15) is 0 Å². The summed E-state index contributed by atoms with van der Waals surface area (Å²) in [4.78, 5) is 0. The van der Waals surface area contributed by atoms with Crippen LogP contribution in [0.15, 0.2) is 66.8 Å². The summed E-state index contributed by atoms with van der Waals surface area (Å²) in [7, 11) is 0. The second-order valence-corrected chi connectivity index (χ2v) is 5.37. The van der Waals surface area contributed by atoms with E-state index in [1.165, 1.54) is 43.2 Å². The van der Waals surface area contributed by atoms with Crippen molar-refractivity contribution in [3.63, 3.8) is 0 Å². The molecule has 0 saturated heterocycles. The summed E-state index contributed by atoms with van der Waals surface area (Å²) >= 11 is 0. The lowest BCUT2D eigenvalue weighted by Crippen LogP contribution is -2.30. The summed E-state index contributed by atoms with van der Waals surface area (Å²) in [5.41, 5.74) is 3.07. The number of hydrogen-bond donors (Lipinski definition) is 0. The van der Waals surface area contributed by atoms with E-state index < -0.39 is 0 Å². The van der Waals surface area contributed by atoms with Crippen molar-refractivity contribution in [2.24, 2.45) is 0 Å². The number of hydrogen-bond acceptors (Lipinski definition) is 0. The van der Waals surface area contributed by atoms with Gasteiger partial charge >= 0.3 is 0 Å². The first-order valence-corrected chi connectivity index (χ1v) is 7.35. The predicted molar refractivity (Wildman–Crippen MR) is 84.3 cm³/mol. The second-order valence-electron chi connectivity index (χ2n) is 5.37. The van der Waals surface area contributed by atoms with E-state index in [-0.39, 0.29) is 5.41 Å². The van der Waals surface area contributed by atoms with Crippen LogP contribution >= 0.6 is 0 Å². The predicted octanol–water partition coefficient (Wildman–Crippen LogP) is 5.58. The number of benzene rings is 1. The molecule has 0 unspecified atom stereocenters. The molecule has 0 aliphatic heterocycles. The highest BCUT2D eigenvalue weighted by atomic mass is 14.4. The van der Waals surface area contributed by atoms with Crippen LogP contribution < -0.4 is 0 Å². The third kappa shape index (κ3) is 2.89. The van der Waals surface area contributed by atoms with Crippen LogP contribution in [-0.4, -0.2) is 0 Å². The van der Waals surface area contributed by atoms with E-state index in [1.807, 2.05) is 6.08 Å². The van der Waals surface area contributed by atoms with Crippen molar-refractivity contribution in [3.05, 3.63) is 72.4 Å². The van der Waals surface area contributed by atoms with Crippen molar-refractivity contribution in [2.45, 2.75) is 44.4 Å². The Bertz CT molecular complexity index is 456. The molecule has 0 amide bonds. The maximum atomic E-state index is 3.89. The Balaban J connectivity index is 2.50. The van der Waals surface area contributed by atoms with Crippen molar-refractivity contribution in [2.75, 3.05) is 0 Å². The van der Waals surface area contributed by atoms with Crippen LogP contribution in [0.5, 0.6) is 0 Å². The first-order chi connectivity index (χ1) is 9.33. The van der Waals surface area contributed by atoms with Gasteiger partial charge < -0.3 is 0 Å². The average molecular weight is 252 g/mol. The van der Waals surface area contributed by atoms with Gasteiger partial charge in [0.1, 0.15) is 0 Å². The van der Waals surface area contributed by atoms with Gasteiger partial charge in [-0.1, -0.05) is 80.5 Å². The SMILES string of the molecule is C=C/C=C(\C=C/C)C1(c2ccccc2)CCCCC1. The molecule has 0 spiro atoms. The Kier molecular flexibility index (Phi) is 4.79. The molecule has 0 radical (unpaired) electrons. The Hall–Kier alpha value is -1.56. The first-order valence-electron chi connectivity index (χ1n) is 7.35. The van der Waals surface area contributed by atoms with Crippen LogP contribution in [0.2, 0.25) is 0 Å².